The van der Waals surface area contributed by atoms with Gasteiger partial charge in [0.25, 0.3) is 0 Å². The summed E-state index contributed by atoms with van der Waals surface area (Å²) < 4.78 is 14.8. The number of hydrogen-bond donors (Lipinski definition) is 1. The van der Waals surface area contributed by atoms with E-state index < -0.39 is 0 Å². The molecule has 18 heavy (non-hydrogen) atoms. The lowest BCUT2D eigenvalue weighted by Gasteiger charge is -2.41. The Morgan fingerprint density at radius 2 is 2.11 bits per heavy atom. The highest BCUT2D eigenvalue weighted by molar-refractivity contribution is 9.10. The van der Waals surface area contributed by atoms with Crippen LogP contribution in [0.1, 0.15) is 20.8 Å². The zero-order valence-corrected chi connectivity index (χ0v) is 12.7. The van der Waals surface area contributed by atoms with Crippen LogP contribution in [0, 0.1) is 11.2 Å². The molecule has 1 fully saturated rings. The van der Waals surface area contributed by atoms with Crippen LogP contribution in [0.25, 0.3) is 0 Å². The summed E-state index contributed by atoms with van der Waals surface area (Å²) >= 11 is 3.29. The molecule has 4 heteroatoms. The van der Waals surface area contributed by atoms with Gasteiger partial charge in [0.15, 0.2) is 0 Å². The van der Waals surface area contributed by atoms with Crippen LogP contribution >= 0.6 is 15.9 Å². The van der Waals surface area contributed by atoms with Crippen molar-refractivity contribution < 1.29 is 4.39 Å². The maximum Gasteiger partial charge on any atom is 0.147 e. The third-order valence-electron chi connectivity index (χ3n) is 3.47. The summed E-state index contributed by atoms with van der Waals surface area (Å²) in [7, 11) is 0. The van der Waals surface area contributed by atoms with Crippen molar-refractivity contribution in [2.45, 2.75) is 26.8 Å². The molecule has 1 aromatic rings. The second kappa shape index (κ2) is 5.17. The fourth-order valence-electron chi connectivity index (χ4n) is 2.29. The third kappa shape index (κ3) is 3.04. The molecule has 1 saturated heterocycles. The third-order valence-corrected chi connectivity index (χ3v) is 3.96. The van der Waals surface area contributed by atoms with Crippen LogP contribution in [0.4, 0.5) is 10.1 Å². The number of nitrogens with zero attached hydrogens (tertiary/aromatic N) is 1. The van der Waals surface area contributed by atoms with Crippen LogP contribution in [0.5, 0.6) is 0 Å². The minimum Gasteiger partial charge on any atom is -0.366 e. The van der Waals surface area contributed by atoms with Gasteiger partial charge in [-0.3, -0.25) is 0 Å². The number of piperazine rings is 1. The molecule has 0 spiro atoms. The molecule has 2 rings (SSSR count). The zero-order valence-electron chi connectivity index (χ0n) is 11.1. The Morgan fingerprint density at radius 1 is 1.39 bits per heavy atom. The summed E-state index contributed by atoms with van der Waals surface area (Å²) in [5.74, 6) is -0.154. The number of hydrogen-bond acceptors (Lipinski definition) is 2. The fraction of sp³-hybridized carbons (Fsp3) is 0.571. The average molecular weight is 315 g/mol. The fourth-order valence-corrected chi connectivity index (χ4v) is 2.62. The molecule has 1 heterocycles. The van der Waals surface area contributed by atoms with Gasteiger partial charge in [-0.1, -0.05) is 36.7 Å². The van der Waals surface area contributed by atoms with E-state index in [-0.39, 0.29) is 11.2 Å². The highest BCUT2D eigenvalue weighted by atomic mass is 79.9. The molecule has 2 nitrogen and oxygen atoms in total. The summed E-state index contributed by atoms with van der Waals surface area (Å²) in [6, 6.07) is 5.66. The summed E-state index contributed by atoms with van der Waals surface area (Å²) in [5.41, 5.74) is 0.888. The average Bonchev–Trinajstić information content (AvgIpc) is 2.28. The van der Waals surface area contributed by atoms with E-state index in [1.165, 1.54) is 6.07 Å². The SMILES string of the molecule is CC(C)(C)C1CN(c2ccc(Br)cc2F)CCN1. The number of nitrogens with one attached hydrogen (secondary N) is 1. The van der Waals surface area contributed by atoms with Crippen molar-refractivity contribution in [1.29, 1.82) is 0 Å². The van der Waals surface area contributed by atoms with E-state index in [0.717, 1.165) is 24.1 Å². The van der Waals surface area contributed by atoms with Crippen LogP contribution in [0.15, 0.2) is 22.7 Å². The van der Waals surface area contributed by atoms with Gasteiger partial charge in [-0.2, -0.15) is 0 Å². The predicted octanol–water partition coefficient (Wildman–Crippen LogP) is 3.41. The second-order valence-electron chi connectivity index (χ2n) is 5.91. The molecule has 0 aromatic heterocycles. The molecule has 1 unspecified atom stereocenters. The summed E-state index contributed by atoms with van der Waals surface area (Å²) in [6.45, 7) is 9.24. The largest absolute Gasteiger partial charge is 0.366 e. The predicted molar refractivity (Wildman–Crippen MR) is 77.6 cm³/mol. The van der Waals surface area contributed by atoms with Gasteiger partial charge in [-0.05, 0) is 23.6 Å². The molecule has 1 aliphatic rings. The highest BCUT2D eigenvalue weighted by Crippen LogP contribution is 2.27. The van der Waals surface area contributed by atoms with Crippen molar-refractivity contribution in [2.24, 2.45) is 5.41 Å². The monoisotopic (exact) mass is 314 g/mol. The van der Waals surface area contributed by atoms with Crippen molar-refractivity contribution in [2.75, 3.05) is 24.5 Å². The van der Waals surface area contributed by atoms with Gasteiger partial charge in [-0.15, -0.1) is 0 Å². The van der Waals surface area contributed by atoms with Crippen LogP contribution in [-0.4, -0.2) is 25.7 Å². The lowest BCUT2D eigenvalue weighted by molar-refractivity contribution is 0.253. The maximum atomic E-state index is 14.0. The van der Waals surface area contributed by atoms with Gasteiger partial charge in [0.05, 0.1) is 5.69 Å². The van der Waals surface area contributed by atoms with Crippen molar-refractivity contribution >= 4 is 21.6 Å². The molecule has 100 valence electrons. The van der Waals surface area contributed by atoms with Crippen LogP contribution in [0.3, 0.4) is 0 Å². The Morgan fingerprint density at radius 3 is 2.72 bits per heavy atom. The lowest BCUT2D eigenvalue weighted by atomic mass is 9.85. The van der Waals surface area contributed by atoms with Crippen LogP contribution < -0.4 is 10.2 Å². The van der Waals surface area contributed by atoms with Crippen molar-refractivity contribution in [1.82, 2.24) is 5.32 Å². The van der Waals surface area contributed by atoms with Gasteiger partial charge >= 0.3 is 0 Å². The zero-order chi connectivity index (χ0) is 13.3. The Labute approximate surface area is 117 Å². The van der Waals surface area contributed by atoms with E-state index in [9.17, 15) is 4.39 Å². The maximum absolute atomic E-state index is 14.0. The van der Waals surface area contributed by atoms with Crippen molar-refractivity contribution in [3.05, 3.63) is 28.5 Å². The lowest BCUT2D eigenvalue weighted by Crippen LogP contribution is -2.56. The summed E-state index contributed by atoms with van der Waals surface area (Å²) in [5, 5.41) is 3.52. The van der Waals surface area contributed by atoms with E-state index in [0.29, 0.717) is 11.7 Å². The van der Waals surface area contributed by atoms with E-state index in [4.69, 9.17) is 0 Å². The normalized spacial score (nSPS) is 21.2. The molecule has 1 aromatic carbocycles. The Bertz CT molecular complexity index is 428. The standard InChI is InChI=1S/C14H20BrFN2/c1-14(2,3)13-9-18(7-6-17-13)12-5-4-10(15)8-11(12)16/h4-5,8,13,17H,6-7,9H2,1-3H3. The first-order chi connectivity index (χ1) is 8.38. The Balaban J connectivity index is 2.18. The summed E-state index contributed by atoms with van der Waals surface area (Å²) in [4.78, 5) is 2.13. The second-order valence-corrected chi connectivity index (χ2v) is 6.83. The molecule has 1 atom stereocenters. The molecular weight excluding hydrogens is 295 g/mol. The topological polar surface area (TPSA) is 15.3 Å². The quantitative estimate of drug-likeness (QED) is 0.854. The Kier molecular flexibility index (Phi) is 3.97. The van der Waals surface area contributed by atoms with Crippen molar-refractivity contribution in [3.8, 4) is 0 Å². The Hall–Kier alpha value is -0.610. The molecule has 0 aliphatic carbocycles. The summed E-state index contributed by atoms with van der Waals surface area (Å²) in [6.07, 6.45) is 0. The van der Waals surface area contributed by atoms with Gasteiger partial charge in [0, 0.05) is 30.1 Å². The van der Waals surface area contributed by atoms with Gasteiger partial charge < -0.3 is 10.2 Å². The molecule has 1 N–H and O–H groups in total. The van der Waals surface area contributed by atoms with Gasteiger partial charge in [0.2, 0.25) is 0 Å². The molecule has 0 bridgehead atoms. The molecule has 0 radical (unpaired) electrons. The number of benzene rings is 1. The van der Waals surface area contributed by atoms with Gasteiger partial charge in [-0.25, -0.2) is 4.39 Å². The first-order valence-corrected chi connectivity index (χ1v) is 7.10. The molecular formula is C14H20BrFN2. The van der Waals surface area contributed by atoms with E-state index in [1.54, 1.807) is 0 Å². The van der Waals surface area contributed by atoms with Gasteiger partial charge in [0.1, 0.15) is 5.82 Å². The van der Waals surface area contributed by atoms with Crippen molar-refractivity contribution in [3.63, 3.8) is 0 Å². The molecule has 1 aliphatic heterocycles. The number of rotatable bonds is 1. The van der Waals surface area contributed by atoms with E-state index in [1.807, 2.05) is 12.1 Å². The number of anilines is 1. The van der Waals surface area contributed by atoms with Crippen LogP contribution in [0.2, 0.25) is 0 Å². The minimum atomic E-state index is -0.154. The molecule has 0 amide bonds. The van der Waals surface area contributed by atoms with E-state index in [2.05, 4.69) is 46.9 Å². The van der Waals surface area contributed by atoms with E-state index >= 15 is 0 Å². The first kappa shape index (κ1) is 13.8. The smallest absolute Gasteiger partial charge is 0.147 e. The molecule has 0 saturated carbocycles. The highest BCUT2D eigenvalue weighted by Gasteiger charge is 2.30. The number of halogens is 2. The van der Waals surface area contributed by atoms with Crippen LogP contribution in [-0.2, 0) is 0 Å². The first-order valence-electron chi connectivity index (χ1n) is 6.31. The minimum absolute atomic E-state index is 0.154.